The van der Waals surface area contributed by atoms with Gasteiger partial charge in [-0.3, -0.25) is 0 Å². The zero-order valence-corrected chi connectivity index (χ0v) is 15.7. The van der Waals surface area contributed by atoms with Crippen LogP contribution < -0.4 is 4.90 Å². The Hall–Kier alpha value is -3.33. The Bertz CT molecular complexity index is 913. The molecule has 0 saturated heterocycles. The summed E-state index contributed by atoms with van der Waals surface area (Å²) in [5.74, 6) is -0.215. The van der Waals surface area contributed by atoms with Gasteiger partial charge in [0.2, 0.25) is 0 Å². The van der Waals surface area contributed by atoms with Gasteiger partial charge in [-0.05, 0) is 22.8 Å². The molecular weight excluding hydrogens is 346 g/mol. The number of carbonyl (C=O) groups excluding carboxylic acids is 1. The number of hydrogen-bond acceptors (Lipinski definition) is 3. The van der Waals surface area contributed by atoms with E-state index in [1.807, 2.05) is 48.5 Å². The lowest BCUT2D eigenvalue weighted by molar-refractivity contribution is -0.143. The van der Waals surface area contributed by atoms with Crippen molar-refractivity contribution in [3.63, 3.8) is 0 Å². The van der Waals surface area contributed by atoms with Crippen molar-refractivity contribution >= 4 is 11.7 Å². The molecule has 3 heteroatoms. The lowest BCUT2D eigenvalue weighted by Crippen LogP contribution is -2.42. The van der Waals surface area contributed by atoms with E-state index in [2.05, 4.69) is 47.9 Å². The molecule has 0 spiro atoms. The molecule has 3 nitrogen and oxygen atoms in total. The molecule has 28 heavy (non-hydrogen) atoms. The quantitative estimate of drug-likeness (QED) is 0.455. The lowest BCUT2D eigenvalue weighted by Gasteiger charge is -2.35. The summed E-state index contributed by atoms with van der Waals surface area (Å²) in [6.07, 6.45) is 2.25. The summed E-state index contributed by atoms with van der Waals surface area (Å²) in [5.41, 5.74) is 4.54. The van der Waals surface area contributed by atoms with E-state index >= 15 is 0 Å². The molecule has 0 bridgehead atoms. The Morgan fingerprint density at radius 1 is 0.964 bits per heavy atom. The van der Waals surface area contributed by atoms with Gasteiger partial charge in [-0.25, -0.2) is 4.79 Å². The zero-order valence-electron chi connectivity index (χ0n) is 15.7. The van der Waals surface area contributed by atoms with Crippen LogP contribution in [0.5, 0.6) is 0 Å². The smallest absolute Gasteiger partial charge is 0.329 e. The molecule has 140 valence electrons. The standard InChI is InChI=1S/C25H23NO2/c1-2-17-28-25(27)23-18-21-15-9-10-16-22(21)26(23)24(19-11-5-3-6-12-19)20-13-7-4-8-14-20/h2-16,23-24H,1,17-18H2/t23-/m0/s1. The molecule has 3 aromatic rings. The van der Waals surface area contributed by atoms with Gasteiger partial charge in [0.25, 0.3) is 0 Å². The average Bonchev–Trinajstić information content (AvgIpc) is 3.13. The van der Waals surface area contributed by atoms with Crippen LogP contribution in [0.2, 0.25) is 0 Å². The van der Waals surface area contributed by atoms with E-state index in [-0.39, 0.29) is 24.7 Å². The fraction of sp³-hybridized carbons (Fsp3) is 0.160. The first-order valence-corrected chi connectivity index (χ1v) is 9.53. The van der Waals surface area contributed by atoms with Crippen LogP contribution >= 0.6 is 0 Å². The number of hydrogen-bond donors (Lipinski definition) is 0. The van der Waals surface area contributed by atoms with E-state index in [1.54, 1.807) is 6.08 Å². The van der Waals surface area contributed by atoms with Gasteiger partial charge >= 0.3 is 5.97 Å². The van der Waals surface area contributed by atoms with E-state index in [0.29, 0.717) is 6.42 Å². The number of nitrogens with zero attached hydrogens (tertiary/aromatic N) is 1. The van der Waals surface area contributed by atoms with Crippen LogP contribution in [0.1, 0.15) is 22.7 Å². The number of fused-ring (bicyclic) bond motifs is 1. The number of rotatable bonds is 6. The molecule has 1 aliphatic heterocycles. The van der Waals surface area contributed by atoms with E-state index < -0.39 is 0 Å². The van der Waals surface area contributed by atoms with Gasteiger partial charge in [0.1, 0.15) is 12.6 Å². The van der Waals surface area contributed by atoms with Crippen molar-refractivity contribution in [1.29, 1.82) is 0 Å². The Balaban J connectivity index is 1.83. The van der Waals surface area contributed by atoms with E-state index in [9.17, 15) is 4.79 Å². The van der Waals surface area contributed by atoms with Gasteiger partial charge in [-0.15, -0.1) is 0 Å². The van der Waals surface area contributed by atoms with Crippen LogP contribution in [0.3, 0.4) is 0 Å². The SMILES string of the molecule is C=CCOC(=O)[C@@H]1Cc2ccccc2N1C(c1ccccc1)c1ccccc1. The Morgan fingerprint density at radius 3 is 2.14 bits per heavy atom. The predicted octanol–water partition coefficient (Wildman–Crippen LogP) is 4.94. The van der Waals surface area contributed by atoms with Crippen molar-refractivity contribution in [2.75, 3.05) is 11.5 Å². The Kier molecular flexibility index (Phi) is 5.24. The minimum absolute atomic E-state index is 0.0765. The molecule has 3 aromatic carbocycles. The van der Waals surface area contributed by atoms with E-state index in [0.717, 1.165) is 16.8 Å². The van der Waals surface area contributed by atoms with Gasteiger partial charge in [0, 0.05) is 12.1 Å². The lowest BCUT2D eigenvalue weighted by atomic mass is 9.96. The molecule has 0 unspecified atom stereocenters. The molecule has 1 atom stereocenters. The number of ether oxygens (including phenoxy) is 1. The maximum absolute atomic E-state index is 12.9. The van der Waals surface area contributed by atoms with Crippen LogP contribution in [0, 0.1) is 0 Å². The van der Waals surface area contributed by atoms with E-state index in [1.165, 1.54) is 5.56 Å². The van der Waals surface area contributed by atoms with Crippen molar-refractivity contribution in [1.82, 2.24) is 0 Å². The highest BCUT2D eigenvalue weighted by atomic mass is 16.5. The largest absolute Gasteiger partial charge is 0.460 e. The third kappa shape index (κ3) is 3.44. The molecule has 1 heterocycles. The molecule has 1 aliphatic rings. The van der Waals surface area contributed by atoms with Crippen molar-refractivity contribution in [2.24, 2.45) is 0 Å². The highest BCUT2D eigenvalue weighted by Crippen LogP contribution is 2.42. The Morgan fingerprint density at radius 2 is 1.54 bits per heavy atom. The van der Waals surface area contributed by atoms with Crippen LogP contribution in [0.15, 0.2) is 97.6 Å². The maximum atomic E-state index is 12.9. The second-order valence-electron chi connectivity index (χ2n) is 6.90. The predicted molar refractivity (Wildman–Crippen MR) is 112 cm³/mol. The van der Waals surface area contributed by atoms with Crippen molar-refractivity contribution < 1.29 is 9.53 Å². The summed E-state index contributed by atoms with van der Waals surface area (Å²) in [6, 6.07) is 28.4. The van der Waals surface area contributed by atoms with E-state index in [4.69, 9.17) is 4.74 Å². The average molecular weight is 369 g/mol. The van der Waals surface area contributed by atoms with Crippen LogP contribution in [-0.2, 0) is 16.0 Å². The van der Waals surface area contributed by atoms with Crippen molar-refractivity contribution in [2.45, 2.75) is 18.5 Å². The molecule has 0 aliphatic carbocycles. The zero-order chi connectivity index (χ0) is 19.3. The Labute approximate surface area is 165 Å². The first-order chi connectivity index (χ1) is 13.8. The summed E-state index contributed by atoms with van der Waals surface area (Å²) in [5, 5.41) is 0. The number of carbonyl (C=O) groups is 1. The molecule has 0 amide bonds. The first kappa shape index (κ1) is 18.1. The molecule has 0 fully saturated rings. The number of esters is 1. The second-order valence-corrected chi connectivity index (χ2v) is 6.90. The van der Waals surface area contributed by atoms with Gasteiger partial charge < -0.3 is 9.64 Å². The summed E-state index contributed by atoms with van der Waals surface area (Å²) in [7, 11) is 0. The number of para-hydroxylation sites is 1. The summed E-state index contributed by atoms with van der Waals surface area (Å²) < 4.78 is 5.46. The molecule has 0 N–H and O–H groups in total. The number of benzene rings is 3. The third-order valence-corrected chi connectivity index (χ3v) is 5.14. The van der Waals surface area contributed by atoms with Crippen LogP contribution in [0.4, 0.5) is 5.69 Å². The maximum Gasteiger partial charge on any atom is 0.329 e. The van der Waals surface area contributed by atoms with Gasteiger partial charge in [-0.2, -0.15) is 0 Å². The van der Waals surface area contributed by atoms with Crippen LogP contribution in [0.25, 0.3) is 0 Å². The summed E-state index contributed by atoms with van der Waals surface area (Å²) in [6.45, 7) is 3.88. The normalized spacial score (nSPS) is 15.3. The molecule has 0 saturated carbocycles. The minimum Gasteiger partial charge on any atom is -0.460 e. The van der Waals surface area contributed by atoms with Crippen LogP contribution in [-0.4, -0.2) is 18.6 Å². The summed E-state index contributed by atoms with van der Waals surface area (Å²) in [4.78, 5) is 15.2. The fourth-order valence-electron chi connectivity index (χ4n) is 3.95. The fourth-order valence-corrected chi connectivity index (χ4v) is 3.95. The summed E-state index contributed by atoms with van der Waals surface area (Å²) >= 11 is 0. The highest BCUT2D eigenvalue weighted by molar-refractivity contribution is 5.85. The first-order valence-electron chi connectivity index (χ1n) is 9.53. The monoisotopic (exact) mass is 369 g/mol. The highest BCUT2D eigenvalue weighted by Gasteiger charge is 2.40. The molecule has 4 rings (SSSR count). The van der Waals surface area contributed by atoms with Gasteiger partial charge in [0.15, 0.2) is 0 Å². The van der Waals surface area contributed by atoms with Gasteiger partial charge in [0.05, 0.1) is 6.04 Å². The molecule has 0 radical (unpaired) electrons. The number of anilines is 1. The van der Waals surface area contributed by atoms with Gasteiger partial charge in [-0.1, -0.05) is 91.5 Å². The van der Waals surface area contributed by atoms with Crippen molar-refractivity contribution in [3.8, 4) is 0 Å². The molecule has 0 aromatic heterocycles. The topological polar surface area (TPSA) is 29.5 Å². The van der Waals surface area contributed by atoms with Crippen molar-refractivity contribution in [3.05, 3.63) is 114 Å². The minimum atomic E-state index is -0.372. The third-order valence-electron chi connectivity index (χ3n) is 5.14. The molecular formula is C25H23NO2. The second kappa shape index (κ2) is 8.13.